The fraction of sp³-hybridized carbons (Fsp3) is 0.214. The molecule has 0 aliphatic carbocycles. The lowest BCUT2D eigenvalue weighted by molar-refractivity contribution is 0.625. The molecule has 3 rings (SSSR count). The van der Waals surface area contributed by atoms with Crippen molar-refractivity contribution in [3.05, 3.63) is 61.2 Å². The van der Waals surface area contributed by atoms with Gasteiger partial charge in [0.15, 0.2) is 11.2 Å². The molecule has 114 valence electrons. The topological polar surface area (TPSA) is 61.8 Å². The van der Waals surface area contributed by atoms with Gasteiger partial charge in [-0.1, -0.05) is 22.0 Å². The second-order valence-corrected chi connectivity index (χ2v) is 5.84. The lowest BCUT2D eigenvalue weighted by Gasteiger charge is -2.08. The van der Waals surface area contributed by atoms with Crippen molar-refractivity contribution < 1.29 is 4.39 Å². The number of fused-ring (bicyclic) bond motifs is 1. The third-order valence-corrected chi connectivity index (χ3v) is 4.31. The van der Waals surface area contributed by atoms with Crippen LogP contribution in [-0.2, 0) is 20.6 Å². The molecule has 0 unspecified atom stereocenters. The molecule has 0 saturated heterocycles. The minimum Gasteiger partial charge on any atom is -0.320 e. The zero-order valence-corrected chi connectivity index (χ0v) is 13.5. The molecule has 0 spiro atoms. The molecule has 0 atom stereocenters. The number of nitrogens with zero attached hydrogens (tertiary/aromatic N) is 4. The molecule has 8 heteroatoms. The van der Waals surface area contributed by atoms with Crippen molar-refractivity contribution in [3.8, 4) is 0 Å². The first-order chi connectivity index (χ1) is 10.4. The maximum Gasteiger partial charge on any atom is 0.332 e. The summed E-state index contributed by atoms with van der Waals surface area (Å²) in [6.45, 7) is 0.338. The minimum atomic E-state index is -0.425. The van der Waals surface area contributed by atoms with Crippen molar-refractivity contribution in [2.75, 3.05) is 0 Å². The number of rotatable bonds is 2. The van der Waals surface area contributed by atoms with Crippen LogP contribution in [0.15, 0.2) is 38.6 Å². The predicted molar refractivity (Wildman–Crippen MR) is 83.4 cm³/mol. The normalized spacial score (nSPS) is 11.3. The molecule has 0 N–H and O–H groups in total. The largest absolute Gasteiger partial charge is 0.332 e. The maximum atomic E-state index is 13.2. The lowest BCUT2D eigenvalue weighted by Crippen LogP contribution is -2.37. The SMILES string of the molecule is Cn1c(=O)c2c(ncn2Cc2ccc(F)cc2Br)n(C)c1=O. The van der Waals surface area contributed by atoms with E-state index in [1.165, 1.54) is 30.1 Å². The second kappa shape index (κ2) is 5.20. The summed E-state index contributed by atoms with van der Waals surface area (Å²) in [5, 5.41) is 0. The van der Waals surface area contributed by atoms with E-state index in [-0.39, 0.29) is 5.82 Å². The van der Waals surface area contributed by atoms with E-state index >= 15 is 0 Å². The van der Waals surface area contributed by atoms with E-state index in [1.807, 2.05) is 0 Å². The van der Waals surface area contributed by atoms with Crippen molar-refractivity contribution in [1.29, 1.82) is 0 Å². The number of benzene rings is 1. The van der Waals surface area contributed by atoms with E-state index in [0.717, 1.165) is 10.1 Å². The van der Waals surface area contributed by atoms with E-state index in [0.29, 0.717) is 22.2 Å². The van der Waals surface area contributed by atoms with E-state index in [4.69, 9.17) is 0 Å². The highest BCUT2D eigenvalue weighted by Crippen LogP contribution is 2.20. The summed E-state index contributed by atoms with van der Waals surface area (Å²) in [6, 6.07) is 4.35. The molecule has 0 radical (unpaired) electrons. The molecular weight excluding hydrogens is 355 g/mol. The molecule has 0 bridgehead atoms. The quantitative estimate of drug-likeness (QED) is 0.688. The van der Waals surface area contributed by atoms with Gasteiger partial charge >= 0.3 is 5.69 Å². The smallest absolute Gasteiger partial charge is 0.320 e. The van der Waals surface area contributed by atoms with Gasteiger partial charge in [0.1, 0.15) is 5.82 Å². The molecule has 0 amide bonds. The van der Waals surface area contributed by atoms with Gasteiger partial charge in [0, 0.05) is 18.6 Å². The molecule has 0 saturated carbocycles. The minimum absolute atomic E-state index is 0.325. The Hall–Kier alpha value is -2.22. The Bertz CT molecular complexity index is 1000. The van der Waals surface area contributed by atoms with Crippen LogP contribution in [0.4, 0.5) is 4.39 Å². The first kappa shape index (κ1) is 14.7. The second-order valence-electron chi connectivity index (χ2n) is 4.99. The Labute approximate surface area is 132 Å². The van der Waals surface area contributed by atoms with Gasteiger partial charge in [-0.15, -0.1) is 0 Å². The molecule has 0 aliphatic rings. The average Bonchev–Trinajstić information content (AvgIpc) is 2.89. The van der Waals surface area contributed by atoms with Gasteiger partial charge in [0.2, 0.25) is 0 Å². The highest BCUT2D eigenvalue weighted by molar-refractivity contribution is 9.10. The van der Waals surface area contributed by atoms with Gasteiger partial charge in [-0.25, -0.2) is 14.2 Å². The summed E-state index contributed by atoms with van der Waals surface area (Å²) >= 11 is 3.30. The van der Waals surface area contributed by atoms with Crippen LogP contribution in [0, 0.1) is 5.82 Å². The summed E-state index contributed by atoms with van der Waals surface area (Å²) in [5.41, 5.74) is 0.628. The molecule has 0 aliphatic heterocycles. The first-order valence-electron chi connectivity index (χ1n) is 6.45. The molecule has 2 heterocycles. The zero-order valence-electron chi connectivity index (χ0n) is 11.9. The summed E-state index contributed by atoms with van der Waals surface area (Å²) in [4.78, 5) is 28.4. The van der Waals surface area contributed by atoms with Gasteiger partial charge in [0.05, 0.1) is 12.9 Å². The average molecular weight is 367 g/mol. The van der Waals surface area contributed by atoms with Crippen LogP contribution in [0.1, 0.15) is 5.56 Å². The van der Waals surface area contributed by atoms with Gasteiger partial charge in [0.25, 0.3) is 5.56 Å². The molecule has 3 aromatic rings. The van der Waals surface area contributed by atoms with Crippen LogP contribution >= 0.6 is 15.9 Å². The summed E-state index contributed by atoms with van der Waals surface area (Å²) < 4.78 is 17.8. The van der Waals surface area contributed by atoms with Crippen LogP contribution in [0.2, 0.25) is 0 Å². The monoisotopic (exact) mass is 366 g/mol. The Morgan fingerprint density at radius 1 is 1.23 bits per heavy atom. The Morgan fingerprint density at radius 2 is 1.95 bits per heavy atom. The highest BCUT2D eigenvalue weighted by Gasteiger charge is 2.15. The standard InChI is InChI=1S/C14H12BrFN4O2/c1-18-12-11(13(21)19(2)14(18)22)20(7-17-12)6-8-3-4-9(16)5-10(8)15/h3-5,7H,6H2,1-2H3. The van der Waals surface area contributed by atoms with Crippen molar-refractivity contribution in [2.45, 2.75) is 6.54 Å². The third kappa shape index (κ3) is 2.19. The fourth-order valence-electron chi connectivity index (χ4n) is 2.35. The van der Waals surface area contributed by atoms with Crippen LogP contribution in [-0.4, -0.2) is 18.7 Å². The number of halogens is 2. The first-order valence-corrected chi connectivity index (χ1v) is 7.24. The van der Waals surface area contributed by atoms with Crippen molar-refractivity contribution >= 4 is 27.1 Å². The molecule has 6 nitrogen and oxygen atoms in total. The molecular formula is C14H12BrFN4O2. The van der Waals surface area contributed by atoms with E-state index in [9.17, 15) is 14.0 Å². The summed E-state index contributed by atoms with van der Waals surface area (Å²) in [7, 11) is 2.99. The van der Waals surface area contributed by atoms with E-state index < -0.39 is 11.2 Å². The van der Waals surface area contributed by atoms with Crippen molar-refractivity contribution in [1.82, 2.24) is 18.7 Å². The Kier molecular flexibility index (Phi) is 3.48. The van der Waals surface area contributed by atoms with E-state index in [2.05, 4.69) is 20.9 Å². The van der Waals surface area contributed by atoms with Gasteiger partial charge in [-0.2, -0.15) is 0 Å². The van der Waals surface area contributed by atoms with Crippen LogP contribution in [0.5, 0.6) is 0 Å². The maximum absolute atomic E-state index is 13.2. The van der Waals surface area contributed by atoms with Crippen molar-refractivity contribution in [3.63, 3.8) is 0 Å². The molecule has 1 aromatic carbocycles. The van der Waals surface area contributed by atoms with Gasteiger partial charge in [-0.3, -0.25) is 13.9 Å². The third-order valence-electron chi connectivity index (χ3n) is 3.57. The number of hydrogen-bond acceptors (Lipinski definition) is 3. The highest BCUT2D eigenvalue weighted by atomic mass is 79.9. The van der Waals surface area contributed by atoms with Crippen LogP contribution in [0.25, 0.3) is 11.2 Å². The summed E-state index contributed by atoms with van der Waals surface area (Å²) in [6.07, 6.45) is 1.50. The van der Waals surface area contributed by atoms with Gasteiger partial charge < -0.3 is 4.57 Å². The van der Waals surface area contributed by atoms with Crippen LogP contribution < -0.4 is 11.2 Å². The fourth-order valence-corrected chi connectivity index (χ4v) is 2.83. The number of aryl methyl sites for hydroxylation is 1. The Morgan fingerprint density at radius 3 is 2.64 bits per heavy atom. The molecule has 0 fully saturated rings. The number of hydrogen-bond donors (Lipinski definition) is 0. The predicted octanol–water partition coefficient (Wildman–Crippen LogP) is 1.38. The number of imidazole rings is 1. The summed E-state index contributed by atoms with van der Waals surface area (Å²) in [5.74, 6) is -0.343. The Balaban J connectivity index is 2.21. The zero-order chi connectivity index (χ0) is 16.0. The van der Waals surface area contributed by atoms with E-state index in [1.54, 1.807) is 17.7 Å². The number of aromatic nitrogens is 4. The van der Waals surface area contributed by atoms with Crippen molar-refractivity contribution in [2.24, 2.45) is 14.1 Å². The molecule has 22 heavy (non-hydrogen) atoms. The van der Waals surface area contributed by atoms with Crippen LogP contribution in [0.3, 0.4) is 0 Å². The molecule has 2 aromatic heterocycles. The lowest BCUT2D eigenvalue weighted by atomic mass is 10.2. The van der Waals surface area contributed by atoms with Gasteiger partial charge in [-0.05, 0) is 17.7 Å².